The fourth-order valence-electron chi connectivity index (χ4n) is 2.43. The molecule has 0 aromatic rings. The molecule has 2 rings (SSSR count). The molecular formula is C10H17NO5S. The number of carboxylic acid groups (broad SMARTS) is 1. The number of hydrogen-bond donors (Lipinski definition) is 1. The fourth-order valence-corrected chi connectivity index (χ4v) is 4.34. The van der Waals surface area contributed by atoms with Crippen LogP contribution in [0.1, 0.15) is 25.7 Å². The summed E-state index contributed by atoms with van der Waals surface area (Å²) in [5.74, 6) is -1.14. The van der Waals surface area contributed by atoms with Gasteiger partial charge in [0.25, 0.3) is 0 Å². The number of carboxylic acids is 1. The summed E-state index contributed by atoms with van der Waals surface area (Å²) in [6.45, 7) is 0.911. The van der Waals surface area contributed by atoms with Crippen molar-refractivity contribution in [1.29, 1.82) is 0 Å². The molecule has 2 aliphatic heterocycles. The van der Waals surface area contributed by atoms with Gasteiger partial charge in [-0.2, -0.15) is 4.31 Å². The third-order valence-corrected chi connectivity index (χ3v) is 5.21. The molecule has 0 aliphatic carbocycles. The maximum absolute atomic E-state index is 12.1. The van der Waals surface area contributed by atoms with E-state index < -0.39 is 22.0 Å². The lowest BCUT2D eigenvalue weighted by Gasteiger charge is -2.22. The number of hydrogen-bond acceptors (Lipinski definition) is 4. The topological polar surface area (TPSA) is 83.9 Å². The van der Waals surface area contributed by atoms with E-state index >= 15 is 0 Å². The zero-order valence-corrected chi connectivity index (χ0v) is 10.4. The Bertz CT molecular complexity index is 388. The van der Waals surface area contributed by atoms with Crippen LogP contribution in [0.15, 0.2) is 0 Å². The molecule has 2 fully saturated rings. The smallest absolute Gasteiger partial charge is 0.322 e. The first kappa shape index (κ1) is 12.8. The van der Waals surface area contributed by atoms with Gasteiger partial charge >= 0.3 is 5.97 Å². The van der Waals surface area contributed by atoms with E-state index in [1.54, 1.807) is 0 Å². The van der Waals surface area contributed by atoms with E-state index in [4.69, 9.17) is 9.84 Å². The zero-order valence-electron chi connectivity index (χ0n) is 9.54. The molecule has 98 valence electrons. The van der Waals surface area contributed by atoms with Crippen LogP contribution in [0.25, 0.3) is 0 Å². The molecule has 17 heavy (non-hydrogen) atoms. The van der Waals surface area contributed by atoms with Crippen molar-refractivity contribution in [2.45, 2.75) is 37.8 Å². The lowest BCUT2D eigenvalue weighted by atomic mass is 10.2. The Morgan fingerprint density at radius 1 is 1.35 bits per heavy atom. The highest BCUT2D eigenvalue weighted by molar-refractivity contribution is 7.89. The van der Waals surface area contributed by atoms with Crippen LogP contribution < -0.4 is 0 Å². The molecule has 2 saturated heterocycles. The van der Waals surface area contributed by atoms with Crippen LogP contribution in [-0.4, -0.2) is 54.8 Å². The predicted octanol–water partition coefficient (Wildman–Crippen LogP) is 0.0442. The minimum Gasteiger partial charge on any atom is -0.480 e. The van der Waals surface area contributed by atoms with E-state index in [0.29, 0.717) is 26.0 Å². The quantitative estimate of drug-likeness (QED) is 0.774. The molecule has 0 radical (unpaired) electrons. The van der Waals surface area contributed by atoms with E-state index in [1.165, 1.54) is 0 Å². The summed E-state index contributed by atoms with van der Waals surface area (Å²) in [7, 11) is -3.51. The highest BCUT2D eigenvalue weighted by Gasteiger charge is 2.39. The van der Waals surface area contributed by atoms with Crippen LogP contribution in [0.2, 0.25) is 0 Å². The van der Waals surface area contributed by atoms with Crippen molar-refractivity contribution in [2.24, 2.45) is 0 Å². The van der Waals surface area contributed by atoms with Crippen LogP contribution >= 0.6 is 0 Å². The van der Waals surface area contributed by atoms with Gasteiger partial charge in [-0.25, -0.2) is 8.42 Å². The Kier molecular flexibility index (Phi) is 3.70. The summed E-state index contributed by atoms with van der Waals surface area (Å²) in [6.07, 6.45) is 2.37. The monoisotopic (exact) mass is 263 g/mol. The summed E-state index contributed by atoms with van der Waals surface area (Å²) < 4.78 is 30.6. The van der Waals surface area contributed by atoms with E-state index in [1.807, 2.05) is 0 Å². The fraction of sp³-hybridized carbons (Fsp3) is 0.900. The van der Waals surface area contributed by atoms with Crippen molar-refractivity contribution in [3.8, 4) is 0 Å². The van der Waals surface area contributed by atoms with Gasteiger partial charge in [-0.1, -0.05) is 0 Å². The first-order valence-electron chi connectivity index (χ1n) is 5.84. The number of ether oxygens (including phenoxy) is 1. The minimum atomic E-state index is -3.51. The van der Waals surface area contributed by atoms with E-state index in [2.05, 4.69) is 0 Å². The number of sulfonamides is 1. The molecular weight excluding hydrogens is 246 g/mol. The van der Waals surface area contributed by atoms with Crippen molar-refractivity contribution in [2.75, 3.05) is 18.9 Å². The number of aliphatic carboxylic acids is 1. The molecule has 7 heteroatoms. The molecule has 0 spiro atoms. The molecule has 0 amide bonds. The van der Waals surface area contributed by atoms with Crippen LogP contribution in [0.3, 0.4) is 0 Å². The molecule has 1 N–H and O–H groups in total. The van der Waals surface area contributed by atoms with Gasteiger partial charge in [0.1, 0.15) is 6.04 Å². The van der Waals surface area contributed by atoms with Crippen LogP contribution in [0.5, 0.6) is 0 Å². The summed E-state index contributed by atoms with van der Waals surface area (Å²) in [4.78, 5) is 11.0. The van der Waals surface area contributed by atoms with Gasteiger partial charge in [0, 0.05) is 13.2 Å². The Balaban J connectivity index is 2.06. The van der Waals surface area contributed by atoms with Gasteiger partial charge in [-0.05, 0) is 25.7 Å². The Morgan fingerprint density at radius 2 is 2.12 bits per heavy atom. The van der Waals surface area contributed by atoms with Crippen LogP contribution in [0.4, 0.5) is 0 Å². The maximum Gasteiger partial charge on any atom is 0.322 e. The van der Waals surface area contributed by atoms with Crippen molar-refractivity contribution >= 4 is 16.0 Å². The molecule has 0 saturated carbocycles. The van der Waals surface area contributed by atoms with Gasteiger partial charge in [0.15, 0.2) is 0 Å². The summed E-state index contributed by atoms with van der Waals surface area (Å²) in [5, 5.41) is 8.97. The second-order valence-electron chi connectivity index (χ2n) is 4.52. The molecule has 1 unspecified atom stereocenters. The molecule has 0 aromatic carbocycles. The molecule has 2 heterocycles. The van der Waals surface area contributed by atoms with Crippen LogP contribution in [0, 0.1) is 0 Å². The third kappa shape index (κ3) is 2.78. The van der Waals surface area contributed by atoms with E-state index in [-0.39, 0.29) is 11.9 Å². The average Bonchev–Trinajstić information content (AvgIpc) is 2.84. The summed E-state index contributed by atoms with van der Waals surface area (Å²) in [5.41, 5.74) is 0. The Labute approximate surface area is 101 Å². The van der Waals surface area contributed by atoms with Gasteiger partial charge in [0.05, 0.1) is 11.9 Å². The Morgan fingerprint density at radius 3 is 2.71 bits per heavy atom. The molecule has 0 aromatic heterocycles. The zero-order chi connectivity index (χ0) is 12.5. The first-order valence-corrected chi connectivity index (χ1v) is 7.45. The maximum atomic E-state index is 12.1. The summed E-state index contributed by atoms with van der Waals surface area (Å²) in [6, 6.07) is -0.888. The minimum absolute atomic E-state index is 0.0865. The summed E-state index contributed by atoms with van der Waals surface area (Å²) >= 11 is 0. The second kappa shape index (κ2) is 4.91. The standard InChI is InChI=1S/C10H17NO5S/c12-10(13)9-4-1-5-11(9)17(14,15)7-8-3-2-6-16-8/h8-9H,1-7H2,(H,12,13)/t8?,9-/m1/s1. The highest BCUT2D eigenvalue weighted by Crippen LogP contribution is 2.24. The number of rotatable bonds is 4. The van der Waals surface area contributed by atoms with Gasteiger partial charge < -0.3 is 9.84 Å². The Hall–Kier alpha value is -0.660. The van der Waals surface area contributed by atoms with Gasteiger partial charge in [-0.3, -0.25) is 4.79 Å². The molecule has 0 bridgehead atoms. The molecule has 2 aliphatic rings. The first-order chi connectivity index (χ1) is 8.00. The largest absolute Gasteiger partial charge is 0.480 e. The van der Waals surface area contributed by atoms with Gasteiger partial charge in [-0.15, -0.1) is 0 Å². The molecule has 2 atom stereocenters. The SMILES string of the molecule is O=C(O)[C@H]1CCCN1S(=O)(=O)CC1CCCO1. The second-order valence-corrected chi connectivity index (χ2v) is 6.49. The number of carbonyl (C=O) groups is 1. The van der Waals surface area contributed by atoms with E-state index in [0.717, 1.165) is 17.1 Å². The van der Waals surface area contributed by atoms with Crippen molar-refractivity contribution in [3.63, 3.8) is 0 Å². The lowest BCUT2D eigenvalue weighted by Crippen LogP contribution is -2.43. The van der Waals surface area contributed by atoms with Crippen molar-refractivity contribution in [1.82, 2.24) is 4.31 Å². The van der Waals surface area contributed by atoms with Crippen molar-refractivity contribution < 1.29 is 23.1 Å². The van der Waals surface area contributed by atoms with Crippen LogP contribution in [-0.2, 0) is 19.6 Å². The lowest BCUT2D eigenvalue weighted by molar-refractivity contribution is -0.140. The van der Waals surface area contributed by atoms with E-state index in [9.17, 15) is 13.2 Å². The normalized spacial score (nSPS) is 30.8. The average molecular weight is 263 g/mol. The number of nitrogens with zero attached hydrogens (tertiary/aromatic N) is 1. The highest BCUT2D eigenvalue weighted by atomic mass is 32.2. The molecule has 6 nitrogen and oxygen atoms in total. The third-order valence-electron chi connectivity index (χ3n) is 3.27. The predicted molar refractivity (Wildman–Crippen MR) is 60.1 cm³/mol. The van der Waals surface area contributed by atoms with Gasteiger partial charge in [0.2, 0.25) is 10.0 Å². The van der Waals surface area contributed by atoms with Crippen molar-refractivity contribution in [3.05, 3.63) is 0 Å².